The molecule has 1 aromatic carbocycles. The van der Waals surface area contributed by atoms with Crippen LogP contribution in [0.2, 0.25) is 0 Å². The second kappa shape index (κ2) is 8.66. The molecule has 0 fully saturated rings. The summed E-state index contributed by atoms with van der Waals surface area (Å²) in [6.45, 7) is 6.66. The second-order valence-corrected chi connectivity index (χ2v) is 7.68. The van der Waals surface area contributed by atoms with E-state index in [2.05, 4.69) is 36.4 Å². The van der Waals surface area contributed by atoms with Gasteiger partial charge in [-0.2, -0.15) is 0 Å². The van der Waals surface area contributed by atoms with Crippen LogP contribution in [0.3, 0.4) is 0 Å². The van der Waals surface area contributed by atoms with Gasteiger partial charge in [0.1, 0.15) is 5.82 Å². The Morgan fingerprint density at radius 1 is 1.04 bits per heavy atom. The fourth-order valence-electron chi connectivity index (χ4n) is 2.46. The largest absolute Gasteiger partial charge is 0.363 e. The summed E-state index contributed by atoms with van der Waals surface area (Å²) >= 11 is 0. The minimum Gasteiger partial charge on any atom is -0.363 e. The molecule has 0 saturated heterocycles. The predicted molar refractivity (Wildman–Crippen MR) is 109 cm³/mol. The van der Waals surface area contributed by atoms with E-state index in [9.17, 15) is 9.59 Å². The average molecular weight is 368 g/mol. The Bertz CT molecular complexity index is 775. The van der Waals surface area contributed by atoms with Crippen LogP contribution in [0.5, 0.6) is 0 Å². The number of anilines is 2. The van der Waals surface area contributed by atoms with Crippen LogP contribution in [0.4, 0.5) is 11.5 Å². The van der Waals surface area contributed by atoms with Crippen molar-refractivity contribution < 1.29 is 9.59 Å². The van der Waals surface area contributed by atoms with E-state index in [0.29, 0.717) is 11.3 Å². The van der Waals surface area contributed by atoms with Crippen molar-refractivity contribution in [2.45, 2.75) is 32.6 Å². The normalized spacial score (nSPS) is 11.0. The van der Waals surface area contributed by atoms with Crippen LogP contribution in [-0.2, 0) is 10.2 Å². The zero-order chi connectivity index (χ0) is 20.0. The molecule has 0 atom stereocenters. The van der Waals surface area contributed by atoms with Crippen LogP contribution in [-0.4, -0.2) is 37.4 Å². The van der Waals surface area contributed by atoms with Gasteiger partial charge in [-0.1, -0.05) is 32.9 Å². The first-order chi connectivity index (χ1) is 12.7. The molecule has 0 bridgehead atoms. The molecule has 27 heavy (non-hydrogen) atoms. The van der Waals surface area contributed by atoms with Gasteiger partial charge in [0.15, 0.2) is 0 Å². The smallest absolute Gasteiger partial charge is 0.251 e. The molecule has 0 unspecified atom stereocenters. The van der Waals surface area contributed by atoms with E-state index in [1.165, 1.54) is 5.56 Å². The van der Waals surface area contributed by atoms with E-state index in [1.807, 2.05) is 49.3 Å². The predicted octanol–water partition coefficient (Wildman–Crippen LogP) is 3.20. The Kier molecular flexibility index (Phi) is 6.55. The summed E-state index contributed by atoms with van der Waals surface area (Å²) in [5.41, 5.74) is 2.45. The lowest BCUT2D eigenvalue weighted by atomic mass is 9.87. The number of carbonyl (C=O) groups excluding carboxylic acids is 2. The van der Waals surface area contributed by atoms with Crippen molar-refractivity contribution >= 4 is 23.3 Å². The molecule has 0 radical (unpaired) electrons. The summed E-state index contributed by atoms with van der Waals surface area (Å²) in [5.74, 6) is 0.468. The molecule has 0 saturated carbocycles. The number of carbonyl (C=O) groups is 2. The van der Waals surface area contributed by atoms with E-state index in [4.69, 9.17) is 0 Å². The van der Waals surface area contributed by atoms with Gasteiger partial charge in [-0.15, -0.1) is 0 Å². The second-order valence-electron chi connectivity index (χ2n) is 7.68. The lowest BCUT2D eigenvalue weighted by molar-refractivity contribution is -0.116. The van der Waals surface area contributed by atoms with Gasteiger partial charge < -0.3 is 15.5 Å². The maximum Gasteiger partial charge on any atom is 0.251 e. The van der Waals surface area contributed by atoms with Crippen molar-refractivity contribution in [2.75, 3.05) is 30.9 Å². The van der Waals surface area contributed by atoms with Crippen molar-refractivity contribution in [3.05, 3.63) is 53.7 Å². The van der Waals surface area contributed by atoms with Gasteiger partial charge in [0, 0.05) is 32.6 Å². The number of amides is 2. The van der Waals surface area contributed by atoms with E-state index >= 15 is 0 Å². The first-order valence-corrected chi connectivity index (χ1v) is 8.99. The van der Waals surface area contributed by atoms with Crippen LogP contribution in [0.1, 0.15) is 43.1 Å². The van der Waals surface area contributed by atoms with Gasteiger partial charge in [0.25, 0.3) is 5.91 Å². The number of pyridine rings is 1. The summed E-state index contributed by atoms with van der Waals surface area (Å²) in [6.07, 6.45) is 1.81. The van der Waals surface area contributed by atoms with E-state index in [0.717, 1.165) is 5.82 Å². The molecule has 2 amide bonds. The number of nitrogens with zero attached hydrogens (tertiary/aromatic N) is 2. The van der Waals surface area contributed by atoms with Gasteiger partial charge in [-0.25, -0.2) is 4.98 Å². The molecule has 2 aromatic rings. The molecule has 2 rings (SSSR count). The number of aromatic nitrogens is 1. The molecule has 6 heteroatoms. The van der Waals surface area contributed by atoms with Crippen LogP contribution < -0.4 is 15.5 Å². The highest BCUT2D eigenvalue weighted by molar-refractivity contribution is 5.95. The van der Waals surface area contributed by atoms with Crippen LogP contribution in [0, 0.1) is 0 Å². The molecule has 2 N–H and O–H groups in total. The Balaban J connectivity index is 1.79. The standard InChI is InChI=1S/C21H28N4O2/c1-21(2,3)16-8-6-15(7-9-16)20(27)22-13-12-19(26)24-17-10-11-18(23-14-17)25(4)5/h6-11,14H,12-13H2,1-5H3,(H,22,27)(H,24,26). The highest BCUT2D eigenvalue weighted by Gasteiger charge is 2.14. The number of hydrogen-bond acceptors (Lipinski definition) is 4. The van der Waals surface area contributed by atoms with Crippen molar-refractivity contribution in [3.63, 3.8) is 0 Å². The van der Waals surface area contributed by atoms with Crippen molar-refractivity contribution in [1.82, 2.24) is 10.3 Å². The fraction of sp³-hybridized carbons (Fsp3) is 0.381. The number of benzene rings is 1. The van der Waals surface area contributed by atoms with Gasteiger partial charge in [-0.05, 0) is 35.2 Å². The van der Waals surface area contributed by atoms with E-state index < -0.39 is 0 Å². The van der Waals surface area contributed by atoms with E-state index in [1.54, 1.807) is 12.3 Å². The topological polar surface area (TPSA) is 74.3 Å². The summed E-state index contributed by atoms with van der Waals surface area (Å²) in [7, 11) is 3.81. The maximum absolute atomic E-state index is 12.2. The quantitative estimate of drug-likeness (QED) is 0.821. The van der Waals surface area contributed by atoms with Gasteiger partial charge >= 0.3 is 0 Å². The minimum absolute atomic E-state index is 0.0483. The number of hydrogen-bond donors (Lipinski definition) is 2. The molecule has 0 aliphatic carbocycles. The maximum atomic E-state index is 12.2. The van der Waals surface area contributed by atoms with Crippen molar-refractivity contribution in [2.24, 2.45) is 0 Å². The zero-order valence-corrected chi connectivity index (χ0v) is 16.7. The third-order valence-electron chi connectivity index (χ3n) is 4.14. The van der Waals surface area contributed by atoms with E-state index in [-0.39, 0.29) is 30.2 Å². The highest BCUT2D eigenvalue weighted by Crippen LogP contribution is 2.22. The lowest BCUT2D eigenvalue weighted by Crippen LogP contribution is -2.27. The fourth-order valence-corrected chi connectivity index (χ4v) is 2.46. The Hall–Kier alpha value is -2.89. The monoisotopic (exact) mass is 368 g/mol. The van der Waals surface area contributed by atoms with Gasteiger partial charge in [-0.3, -0.25) is 9.59 Å². The molecular formula is C21H28N4O2. The molecule has 0 spiro atoms. The van der Waals surface area contributed by atoms with Crippen molar-refractivity contribution in [1.29, 1.82) is 0 Å². The van der Waals surface area contributed by atoms with Crippen molar-refractivity contribution in [3.8, 4) is 0 Å². The Labute approximate surface area is 161 Å². The summed E-state index contributed by atoms with van der Waals surface area (Å²) < 4.78 is 0. The summed E-state index contributed by atoms with van der Waals surface area (Å²) in [5, 5.41) is 5.55. The summed E-state index contributed by atoms with van der Waals surface area (Å²) in [6, 6.07) is 11.2. The molecular weight excluding hydrogens is 340 g/mol. The highest BCUT2D eigenvalue weighted by atomic mass is 16.2. The SMILES string of the molecule is CN(C)c1ccc(NC(=O)CCNC(=O)c2ccc(C(C)(C)C)cc2)cn1. The molecule has 144 valence electrons. The van der Waals surface area contributed by atoms with Gasteiger partial charge in [0.2, 0.25) is 5.91 Å². The van der Waals surface area contributed by atoms with Gasteiger partial charge in [0.05, 0.1) is 11.9 Å². The molecule has 0 aliphatic rings. The molecule has 1 heterocycles. The lowest BCUT2D eigenvalue weighted by Gasteiger charge is -2.19. The Morgan fingerprint density at radius 2 is 1.70 bits per heavy atom. The first kappa shape index (κ1) is 20.4. The van der Waals surface area contributed by atoms with Crippen LogP contribution in [0.15, 0.2) is 42.6 Å². The number of rotatable bonds is 6. The molecule has 0 aliphatic heterocycles. The number of nitrogens with one attached hydrogen (secondary N) is 2. The van der Waals surface area contributed by atoms with Crippen LogP contribution in [0.25, 0.3) is 0 Å². The first-order valence-electron chi connectivity index (χ1n) is 8.99. The molecule has 6 nitrogen and oxygen atoms in total. The third kappa shape index (κ3) is 6.09. The molecule has 1 aromatic heterocycles. The Morgan fingerprint density at radius 3 is 2.22 bits per heavy atom. The minimum atomic E-state index is -0.180. The summed E-state index contributed by atoms with van der Waals surface area (Å²) in [4.78, 5) is 30.3. The average Bonchev–Trinajstić information content (AvgIpc) is 2.61. The third-order valence-corrected chi connectivity index (χ3v) is 4.14. The van der Waals surface area contributed by atoms with Crippen LogP contribution >= 0.6 is 0 Å². The zero-order valence-electron chi connectivity index (χ0n) is 16.7.